The summed E-state index contributed by atoms with van der Waals surface area (Å²) >= 11 is 0. The molecule has 3 aromatic rings. The molecular weight excluding hydrogens is 244 g/mol. The van der Waals surface area contributed by atoms with E-state index in [0.29, 0.717) is 6.04 Å². The molecule has 0 radical (unpaired) electrons. The first kappa shape index (κ1) is 11.7. The van der Waals surface area contributed by atoms with Crippen molar-refractivity contribution in [3.63, 3.8) is 0 Å². The third kappa shape index (κ3) is 2.02. The monoisotopic (exact) mass is 262 g/mol. The molecule has 1 aliphatic rings. The molecule has 100 valence electrons. The largest absolute Gasteiger partial charge is 0.361 e. The van der Waals surface area contributed by atoms with Gasteiger partial charge in [0.05, 0.1) is 0 Å². The van der Waals surface area contributed by atoms with Crippen LogP contribution in [-0.2, 0) is 13.0 Å². The van der Waals surface area contributed by atoms with Crippen molar-refractivity contribution < 1.29 is 0 Å². The average Bonchev–Trinajstić information content (AvgIpc) is 3.11. The van der Waals surface area contributed by atoms with E-state index in [1.165, 1.54) is 40.4 Å². The van der Waals surface area contributed by atoms with Crippen molar-refractivity contribution in [2.75, 3.05) is 0 Å². The second-order valence-corrected chi connectivity index (χ2v) is 5.57. The Morgan fingerprint density at radius 3 is 3.05 bits per heavy atom. The molecule has 1 heterocycles. The number of H-pyrrole nitrogens is 1. The predicted molar refractivity (Wildman–Crippen MR) is 82.6 cm³/mol. The van der Waals surface area contributed by atoms with Crippen LogP contribution in [0.25, 0.3) is 10.9 Å². The maximum atomic E-state index is 3.70. The van der Waals surface area contributed by atoms with Crippen molar-refractivity contribution in [2.45, 2.75) is 25.4 Å². The fourth-order valence-electron chi connectivity index (χ4n) is 3.22. The topological polar surface area (TPSA) is 27.8 Å². The highest BCUT2D eigenvalue weighted by Gasteiger charge is 2.20. The van der Waals surface area contributed by atoms with Gasteiger partial charge in [0.15, 0.2) is 0 Å². The second kappa shape index (κ2) is 4.80. The van der Waals surface area contributed by atoms with Crippen molar-refractivity contribution in [2.24, 2.45) is 0 Å². The standard InChI is InChI=1S/C18H18N2/c1-2-4-16-14(3-1)7-8-17(16)20-12-13-5-6-15-9-10-19-18(15)11-13/h1-6,9-11,17,19-20H,7-8,12H2. The molecule has 0 bridgehead atoms. The normalized spacial score (nSPS) is 17.5. The Bertz CT molecular complexity index is 742. The zero-order valence-corrected chi connectivity index (χ0v) is 11.4. The molecule has 2 heteroatoms. The van der Waals surface area contributed by atoms with Gasteiger partial charge in [-0.3, -0.25) is 0 Å². The minimum Gasteiger partial charge on any atom is -0.361 e. The third-order valence-corrected chi connectivity index (χ3v) is 4.30. The predicted octanol–water partition coefficient (Wildman–Crippen LogP) is 3.95. The van der Waals surface area contributed by atoms with Crippen molar-refractivity contribution >= 4 is 10.9 Å². The number of nitrogens with one attached hydrogen (secondary N) is 2. The third-order valence-electron chi connectivity index (χ3n) is 4.30. The SMILES string of the molecule is c1ccc2c(c1)CCC2NCc1ccc2cc[nH]c2c1. The fraction of sp³-hybridized carbons (Fsp3) is 0.222. The number of benzene rings is 2. The molecule has 0 fully saturated rings. The molecule has 1 aromatic heterocycles. The number of rotatable bonds is 3. The minimum absolute atomic E-state index is 0.505. The average molecular weight is 262 g/mol. The maximum Gasteiger partial charge on any atom is 0.0457 e. The Labute approximate surface area is 118 Å². The number of fused-ring (bicyclic) bond motifs is 2. The zero-order valence-electron chi connectivity index (χ0n) is 11.4. The van der Waals surface area contributed by atoms with Crippen LogP contribution in [0.15, 0.2) is 54.7 Å². The number of hydrogen-bond donors (Lipinski definition) is 2. The minimum atomic E-state index is 0.505. The van der Waals surface area contributed by atoms with Crippen LogP contribution in [0.5, 0.6) is 0 Å². The summed E-state index contributed by atoms with van der Waals surface area (Å²) in [5.41, 5.74) is 5.54. The van der Waals surface area contributed by atoms with Crippen LogP contribution in [0.2, 0.25) is 0 Å². The van der Waals surface area contributed by atoms with Crippen molar-refractivity contribution in [3.8, 4) is 0 Å². The summed E-state index contributed by atoms with van der Waals surface area (Å²) in [7, 11) is 0. The molecule has 4 rings (SSSR count). The number of aromatic nitrogens is 1. The smallest absolute Gasteiger partial charge is 0.0457 e. The highest BCUT2D eigenvalue weighted by molar-refractivity contribution is 5.79. The first-order chi connectivity index (χ1) is 9.90. The van der Waals surface area contributed by atoms with E-state index in [-0.39, 0.29) is 0 Å². The van der Waals surface area contributed by atoms with Crippen LogP contribution < -0.4 is 5.32 Å². The number of hydrogen-bond acceptors (Lipinski definition) is 1. The summed E-state index contributed by atoms with van der Waals surface area (Å²) in [5, 5.41) is 4.97. The molecule has 20 heavy (non-hydrogen) atoms. The Hall–Kier alpha value is -2.06. The quantitative estimate of drug-likeness (QED) is 0.735. The molecule has 0 saturated carbocycles. The van der Waals surface area contributed by atoms with E-state index in [0.717, 1.165) is 6.54 Å². The molecule has 2 aromatic carbocycles. The summed E-state index contributed by atoms with van der Waals surface area (Å²) in [6.45, 7) is 0.925. The summed E-state index contributed by atoms with van der Waals surface area (Å²) in [4.78, 5) is 3.28. The van der Waals surface area contributed by atoms with Crippen LogP contribution in [0, 0.1) is 0 Å². The second-order valence-electron chi connectivity index (χ2n) is 5.57. The molecule has 1 atom stereocenters. The molecule has 0 amide bonds. The van der Waals surface area contributed by atoms with Gasteiger partial charge in [0.1, 0.15) is 0 Å². The lowest BCUT2D eigenvalue weighted by Gasteiger charge is -2.14. The molecular formula is C18H18N2. The van der Waals surface area contributed by atoms with E-state index in [9.17, 15) is 0 Å². The first-order valence-corrected chi connectivity index (χ1v) is 7.27. The van der Waals surface area contributed by atoms with Crippen molar-refractivity contribution in [1.82, 2.24) is 10.3 Å². The Morgan fingerprint density at radius 1 is 1.10 bits per heavy atom. The van der Waals surface area contributed by atoms with Crippen molar-refractivity contribution in [1.29, 1.82) is 0 Å². The molecule has 2 N–H and O–H groups in total. The van der Waals surface area contributed by atoms with Crippen molar-refractivity contribution in [3.05, 3.63) is 71.4 Å². The molecule has 2 nitrogen and oxygen atoms in total. The van der Waals surface area contributed by atoms with E-state index in [4.69, 9.17) is 0 Å². The van der Waals surface area contributed by atoms with Crippen LogP contribution in [0.4, 0.5) is 0 Å². The van der Waals surface area contributed by atoms with E-state index >= 15 is 0 Å². The van der Waals surface area contributed by atoms with Gasteiger partial charge in [-0.25, -0.2) is 0 Å². The molecule has 0 aliphatic heterocycles. The Morgan fingerprint density at radius 2 is 2.05 bits per heavy atom. The van der Waals surface area contributed by atoms with Gasteiger partial charge in [-0.15, -0.1) is 0 Å². The highest BCUT2D eigenvalue weighted by atomic mass is 14.9. The van der Waals surface area contributed by atoms with Crippen LogP contribution in [-0.4, -0.2) is 4.98 Å². The van der Waals surface area contributed by atoms with E-state index in [1.54, 1.807) is 0 Å². The van der Waals surface area contributed by atoms with Crippen LogP contribution in [0.1, 0.15) is 29.2 Å². The lowest BCUT2D eigenvalue weighted by molar-refractivity contribution is 0.530. The van der Waals surface area contributed by atoms with Gasteiger partial charge in [-0.1, -0.05) is 36.4 Å². The van der Waals surface area contributed by atoms with E-state index in [2.05, 4.69) is 58.8 Å². The Kier molecular flexibility index (Phi) is 2.82. The van der Waals surface area contributed by atoms with Gasteiger partial charge in [-0.2, -0.15) is 0 Å². The summed E-state index contributed by atoms with van der Waals surface area (Å²) in [5.74, 6) is 0. The van der Waals surface area contributed by atoms with Gasteiger partial charge in [-0.05, 0) is 47.1 Å². The van der Waals surface area contributed by atoms with Gasteiger partial charge in [0.25, 0.3) is 0 Å². The first-order valence-electron chi connectivity index (χ1n) is 7.27. The highest BCUT2D eigenvalue weighted by Crippen LogP contribution is 2.30. The lowest BCUT2D eigenvalue weighted by atomic mass is 10.1. The van der Waals surface area contributed by atoms with E-state index in [1.807, 2.05) is 6.20 Å². The number of aromatic amines is 1. The van der Waals surface area contributed by atoms with Gasteiger partial charge >= 0.3 is 0 Å². The molecule has 0 saturated heterocycles. The van der Waals surface area contributed by atoms with Gasteiger partial charge in [0, 0.05) is 24.3 Å². The lowest BCUT2D eigenvalue weighted by Crippen LogP contribution is -2.18. The summed E-state index contributed by atoms with van der Waals surface area (Å²) < 4.78 is 0. The van der Waals surface area contributed by atoms with Crippen LogP contribution >= 0.6 is 0 Å². The molecule has 1 aliphatic carbocycles. The van der Waals surface area contributed by atoms with Crippen LogP contribution in [0.3, 0.4) is 0 Å². The molecule has 0 spiro atoms. The van der Waals surface area contributed by atoms with Gasteiger partial charge in [0.2, 0.25) is 0 Å². The molecule has 1 unspecified atom stereocenters. The van der Waals surface area contributed by atoms with Gasteiger partial charge < -0.3 is 10.3 Å². The summed E-state index contributed by atoms with van der Waals surface area (Å²) in [6.07, 6.45) is 4.41. The zero-order chi connectivity index (χ0) is 13.4. The fourth-order valence-corrected chi connectivity index (χ4v) is 3.22. The maximum absolute atomic E-state index is 3.70. The Balaban J connectivity index is 1.51. The van der Waals surface area contributed by atoms with E-state index < -0.39 is 0 Å². The summed E-state index contributed by atoms with van der Waals surface area (Å²) in [6, 6.07) is 18.0. The number of aryl methyl sites for hydroxylation is 1.